The highest BCUT2D eigenvalue weighted by Gasteiger charge is 2.21. The Labute approximate surface area is 183 Å². The second-order valence-electron chi connectivity index (χ2n) is 7.46. The highest BCUT2D eigenvalue weighted by Crippen LogP contribution is 2.25. The average molecular weight is 430 g/mol. The number of aryl methyl sites for hydroxylation is 3. The molecule has 1 amide bonds. The number of nitrogens with zero attached hydrogens (tertiary/aromatic N) is 6. The standard InChI is InChI=1S/C22H22N8O2/c1-12-7-13(2)27-21(31)16(12)10-25-22(32)19-14(3)18(17-5-6-26-30(17)4)28-20(29-19)15-8-23-11-24-9-15/h5-9,11H,10H2,1-4H3,(H,25,32)(H,27,31). The predicted octanol–water partition coefficient (Wildman–Crippen LogP) is 1.88. The smallest absolute Gasteiger partial charge is 0.270 e. The number of amides is 1. The molecule has 10 heteroatoms. The predicted molar refractivity (Wildman–Crippen MR) is 118 cm³/mol. The van der Waals surface area contributed by atoms with Gasteiger partial charge in [-0.3, -0.25) is 14.3 Å². The number of H-pyrrole nitrogens is 1. The summed E-state index contributed by atoms with van der Waals surface area (Å²) < 4.78 is 1.68. The van der Waals surface area contributed by atoms with Crippen molar-refractivity contribution in [2.24, 2.45) is 7.05 Å². The van der Waals surface area contributed by atoms with Crippen LogP contribution in [-0.2, 0) is 13.6 Å². The second-order valence-corrected chi connectivity index (χ2v) is 7.46. The number of aromatic nitrogens is 7. The molecule has 2 N–H and O–H groups in total. The quantitative estimate of drug-likeness (QED) is 0.494. The van der Waals surface area contributed by atoms with Gasteiger partial charge in [-0.25, -0.2) is 19.9 Å². The molecule has 32 heavy (non-hydrogen) atoms. The zero-order valence-corrected chi connectivity index (χ0v) is 18.2. The fourth-order valence-electron chi connectivity index (χ4n) is 3.49. The van der Waals surface area contributed by atoms with E-state index >= 15 is 0 Å². The molecule has 10 nitrogen and oxygen atoms in total. The van der Waals surface area contributed by atoms with Gasteiger partial charge in [0.15, 0.2) is 5.82 Å². The van der Waals surface area contributed by atoms with Crippen LogP contribution in [0, 0.1) is 20.8 Å². The van der Waals surface area contributed by atoms with Crippen LogP contribution in [-0.4, -0.2) is 40.6 Å². The van der Waals surface area contributed by atoms with Crippen molar-refractivity contribution in [2.45, 2.75) is 27.3 Å². The van der Waals surface area contributed by atoms with E-state index in [0.29, 0.717) is 28.2 Å². The maximum absolute atomic E-state index is 13.2. The normalized spacial score (nSPS) is 10.9. The maximum Gasteiger partial charge on any atom is 0.270 e. The number of aromatic amines is 1. The highest BCUT2D eigenvalue weighted by atomic mass is 16.2. The van der Waals surface area contributed by atoms with Crippen LogP contribution in [0.4, 0.5) is 0 Å². The third kappa shape index (κ3) is 4.02. The van der Waals surface area contributed by atoms with Crippen LogP contribution in [0.15, 0.2) is 41.8 Å². The minimum Gasteiger partial charge on any atom is -0.346 e. The number of carbonyl (C=O) groups excluding carboxylic acids is 1. The molecule has 0 saturated carbocycles. The molecule has 162 valence electrons. The van der Waals surface area contributed by atoms with Gasteiger partial charge >= 0.3 is 0 Å². The van der Waals surface area contributed by atoms with Crippen LogP contribution in [0.5, 0.6) is 0 Å². The van der Waals surface area contributed by atoms with Crippen molar-refractivity contribution in [3.05, 3.63) is 75.5 Å². The molecule has 0 bridgehead atoms. The van der Waals surface area contributed by atoms with Crippen LogP contribution in [0.25, 0.3) is 22.8 Å². The van der Waals surface area contributed by atoms with E-state index in [1.807, 2.05) is 26.0 Å². The SMILES string of the molecule is Cc1cc(C)c(CNC(=O)c2nc(-c3cncnc3)nc(-c3ccnn3C)c2C)c(=O)[nH]1. The largest absolute Gasteiger partial charge is 0.346 e. The number of hydrogen-bond acceptors (Lipinski definition) is 7. The molecule has 0 saturated heterocycles. The van der Waals surface area contributed by atoms with Crippen LogP contribution in [0.3, 0.4) is 0 Å². The van der Waals surface area contributed by atoms with Gasteiger partial charge in [-0.15, -0.1) is 0 Å². The fraction of sp³-hybridized carbons (Fsp3) is 0.227. The minimum atomic E-state index is -0.411. The topological polar surface area (TPSA) is 131 Å². The van der Waals surface area contributed by atoms with E-state index in [1.165, 1.54) is 6.33 Å². The summed E-state index contributed by atoms with van der Waals surface area (Å²) in [6.45, 7) is 5.52. The number of nitrogens with one attached hydrogen (secondary N) is 2. The van der Waals surface area contributed by atoms with Gasteiger partial charge in [-0.2, -0.15) is 5.10 Å². The molecular formula is C22H22N8O2. The fourth-order valence-corrected chi connectivity index (χ4v) is 3.49. The molecule has 0 unspecified atom stereocenters. The van der Waals surface area contributed by atoms with Crippen LogP contribution in [0.2, 0.25) is 0 Å². The summed E-state index contributed by atoms with van der Waals surface area (Å²) in [5.74, 6) is -0.0901. The molecule has 0 spiro atoms. The molecular weight excluding hydrogens is 408 g/mol. The Balaban J connectivity index is 1.75. The van der Waals surface area contributed by atoms with Crippen molar-refractivity contribution >= 4 is 5.91 Å². The maximum atomic E-state index is 13.2. The molecule has 0 aromatic carbocycles. The van der Waals surface area contributed by atoms with Crippen LogP contribution in [0.1, 0.15) is 32.9 Å². The third-order valence-electron chi connectivity index (χ3n) is 5.16. The summed E-state index contributed by atoms with van der Waals surface area (Å²) in [5.41, 5.74) is 4.55. The summed E-state index contributed by atoms with van der Waals surface area (Å²) in [6, 6.07) is 3.68. The Bertz CT molecular complexity index is 1360. The molecule has 4 aromatic rings. The van der Waals surface area contributed by atoms with Crippen LogP contribution >= 0.6 is 0 Å². The Morgan fingerprint density at radius 3 is 2.56 bits per heavy atom. The molecule has 0 radical (unpaired) electrons. The summed E-state index contributed by atoms with van der Waals surface area (Å²) in [5, 5.41) is 7.03. The second kappa shape index (κ2) is 8.50. The first-order chi connectivity index (χ1) is 15.3. The van der Waals surface area contributed by atoms with Crippen molar-refractivity contribution in [1.82, 2.24) is 40.0 Å². The lowest BCUT2D eigenvalue weighted by atomic mass is 10.1. The lowest BCUT2D eigenvalue weighted by Crippen LogP contribution is -2.29. The van der Waals surface area contributed by atoms with E-state index in [4.69, 9.17) is 0 Å². The van der Waals surface area contributed by atoms with E-state index in [1.54, 1.807) is 37.2 Å². The Kier molecular flexibility index (Phi) is 5.59. The minimum absolute atomic E-state index is 0.0779. The van der Waals surface area contributed by atoms with Crippen molar-refractivity contribution in [3.63, 3.8) is 0 Å². The number of carbonyl (C=O) groups is 1. The van der Waals surface area contributed by atoms with Gasteiger partial charge in [-0.1, -0.05) is 0 Å². The first kappa shape index (κ1) is 21.0. The first-order valence-electron chi connectivity index (χ1n) is 9.95. The summed E-state index contributed by atoms with van der Waals surface area (Å²) >= 11 is 0. The summed E-state index contributed by atoms with van der Waals surface area (Å²) in [4.78, 5) is 45.4. The van der Waals surface area contributed by atoms with E-state index in [-0.39, 0.29) is 17.8 Å². The van der Waals surface area contributed by atoms with Gasteiger partial charge in [-0.05, 0) is 38.5 Å². The molecule has 0 fully saturated rings. The Hall–Kier alpha value is -4.21. The van der Waals surface area contributed by atoms with Crippen molar-refractivity contribution in [1.29, 1.82) is 0 Å². The lowest BCUT2D eigenvalue weighted by molar-refractivity contribution is 0.0945. The molecule has 4 rings (SSSR count). The molecule has 0 atom stereocenters. The molecule has 4 heterocycles. The zero-order valence-electron chi connectivity index (χ0n) is 18.2. The number of rotatable bonds is 5. The first-order valence-corrected chi connectivity index (χ1v) is 9.95. The molecule has 0 aliphatic carbocycles. The van der Waals surface area contributed by atoms with Crippen molar-refractivity contribution in [3.8, 4) is 22.8 Å². The van der Waals surface area contributed by atoms with Gasteiger partial charge in [0.05, 0.1) is 17.0 Å². The Morgan fingerprint density at radius 1 is 1.16 bits per heavy atom. The lowest BCUT2D eigenvalue weighted by Gasteiger charge is -2.13. The average Bonchev–Trinajstić information content (AvgIpc) is 3.19. The van der Waals surface area contributed by atoms with Crippen molar-refractivity contribution < 1.29 is 4.79 Å². The monoisotopic (exact) mass is 430 g/mol. The van der Waals surface area contributed by atoms with Gasteiger partial charge in [0.1, 0.15) is 12.0 Å². The summed E-state index contributed by atoms with van der Waals surface area (Å²) in [7, 11) is 1.80. The highest BCUT2D eigenvalue weighted by molar-refractivity contribution is 5.95. The van der Waals surface area contributed by atoms with Crippen LogP contribution < -0.4 is 10.9 Å². The third-order valence-corrected chi connectivity index (χ3v) is 5.16. The van der Waals surface area contributed by atoms with E-state index in [2.05, 4.69) is 35.3 Å². The molecule has 0 aliphatic rings. The molecule has 0 aliphatic heterocycles. The van der Waals surface area contributed by atoms with E-state index in [0.717, 1.165) is 17.0 Å². The Morgan fingerprint density at radius 2 is 1.91 bits per heavy atom. The van der Waals surface area contributed by atoms with E-state index < -0.39 is 5.91 Å². The van der Waals surface area contributed by atoms with Gasteiger partial charge in [0.25, 0.3) is 11.5 Å². The zero-order chi connectivity index (χ0) is 22.8. The molecule has 4 aromatic heterocycles. The number of pyridine rings is 1. The van der Waals surface area contributed by atoms with Gasteiger partial charge < -0.3 is 10.3 Å². The van der Waals surface area contributed by atoms with E-state index in [9.17, 15) is 9.59 Å². The summed E-state index contributed by atoms with van der Waals surface area (Å²) in [6.07, 6.45) is 6.24. The van der Waals surface area contributed by atoms with Gasteiger partial charge in [0, 0.05) is 49.0 Å². The van der Waals surface area contributed by atoms with Crippen molar-refractivity contribution in [2.75, 3.05) is 0 Å². The van der Waals surface area contributed by atoms with Gasteiger partial charge in [0.2, 0.25) is 0 Å². The number of hydrogen-bond donors (Lipinski definition) is 2.